The Bertz CT molecular complexity index is 1390. The average molecular weight is 922 g/mol. The van der Waals surface area contributed by atoms with Crippen LogP contribution < -0.4 is 5.32 Å². The first kappa shape index (κ1) is 60.9. The molecule has 1 heterocycles. The maximum absolute atomic E-state index is 13.0. The third-order valence-corrected chi connectivity index (χ3v) is 11.6. The molecule has 1 aliphatic rings. The van der Waals surface area contributed by atoms with E-state index in [2.05, 4.69) is 116 Å². The van der Waals surface area contributed by atoms with Gasteiger partial charge < -0.3 is 40.3 Å². The molecule has 0 aromatic heterocycles. The lowest BCUT2D eigenvalue weighted by atomic mass is 9.99. The summed E-state index contributed by atoms with van der Waals surface area (Å²) in [5.41, 5.74) is 0. The smallest absolute Gasteiger partial charge is 0.220 e. The summed E-state index contributed by atoms with van der Waals surface area (Å²) >= 11 is 0. The quantitative estimate of drug-likeness (QED) is 0.0262. The molecule has 0 radical (unpaired) electrons. The van der Waals surface area contributed by atoms with Crippen molar-refractivity contribution in [3.05, 3.63) is 109 Å². The van der Waals surface area contributed by atoms with Crippen LogP contribution in [0.25, 0.3) is 0 Å². The highest BCUT2D eigenvalue weighted by molar-refractivity contribution is 5.76. The van der Waals surface area contributed by atoms with Crippen molar-refractivity contribution in [2.75, 3.05) is 13.2 Å². The van der Waals surface area contributed by atoms with Gasteiger partial charge >= 0.3 is 0 Å². The Hall–Kier alpha value is -3.15. The monoisotopic (exact) mass is 922 g/mol. The maximum atomic E-state index is 13.0. The van der Waals surface area contributed by atoms with Gasteiger partial charge in [-0.15, -0.1) is 0 Å². The first-order valence-corrected chi connectivity index (χ1v) is 26.1. The zero-order chi connectivity index (χ0) is 48.0. The summed E-state index contributed by atoms with van der Waals surface area (Å²) in [7, 11) is 0. The first-order chi connectivity index (χ1) is 32.3. The number of nitrogens with one attached hydrogen (secondary N) is 1. The zero-order valence-electron chi connectivity index (χ0n) is 41.4. The standard InChI is InChI=1S/C57H95NO8/c1-3-5-7-9-11-13-15-17-19-21-23-25-27-28-30-32-34-36-38-40-42-44-46-51(60)50(49-65-57-56(64)55(63)54(62)52(48-59)66-57)58-53(61)47-45-43-41-39-37-35-33-31-29-26-24-22-20-18-16-14-12-10-8-6-4-2/h6,8,12,14,18,20,24,26,28,30-31,33,36-39,44,46,50-52,54-57,59-60,62-64H,3-5,7,9-11,13,15-17,19,21-23,25,27,29,32,34-35,40-43,45,47-49H2,1-2H3,(H,58,61)/b8-6-,14-12-,20-18-,26-24-,30-28+,33-31-,38-36+,39-37-,46-44+. The minimum absolute atomic E-state index is 0.231. The fourth-order valence-electron chi connectivity index (χ4n) is 7.42. The summed E-state index contributed by atoms with van der Waals surface area (Å²) < 4.78 is 11.2. The van der Waals surface area contributed by atoms with Crippen LogP contribution in [0.2, 0.25) is 0 Å². The Kier molecular flexibility index (Phi) is 42.1. The number of hydrogen-bond acceptors (Lipinski definition) is 8. The van der Waals surface area contributed by atoms with Crippen molar-refractivity contribution in [2.24, 2.45) is 0 Å². The molecule has 7 atom stereocenters. The van der Waals surface area contributed by atoms with Crippen molar-refractivity contribution >= 4 is 5.91 Å². The molecule has 0 saturated carbocycles. The van der Waals surface area contributed by atoms with E-state index in [-0.39, 0.29) is 18.9 Å². The highest BCUT2D eigenvalue weighted by Gasteiger charge is 2.44. The summed E-state index contributed by atoms with van der Waals surface area (Å²) in [5, 5.41) is 54.3. The van der Waals surface area contributed by atoms with E-state index in [1.807, 2.05) is 6.08 Å². The lowest BCUT2D eigenvalue weighted by Crippen LogP contribution is -2.60. The van der Waals surface area contributed by atoms with E-state index in [4.69, 9.17) is 9.47 Å². The first-order valence-electron chi connectivity index (χ1n) is 26.1. The molecule has 0 spiro atoms. The second-order valence-corrected chi connectivity index (χ2v) is 17.6. The number of amides is 1. The summed E-state index contributed by atoms with van der Waals surface area (Å²) in [6.45, 7) is 3.60. The van der Waals surface area contributed by atoms with Gasteiger partial charge in [-0.1, -0.05) is 194 Å². The Labute approximate surface area is 402 Å². The SMILES string of the molecule is CC/C=C\C/C=C\C/C=C\C/C=C\C/C=C\C/C=C\CCCCC(=O)NC(COC1OC(CO)C(O)C(O)C1O)C(O)/C=C/CC/C=C/CC/C=C/CCCCCCCCCCCCCC. The number of carbonyl (C=O) groups excluding carboxylic acids is 1. The normalized spacial score (nSPS) is 20.7. The molecular formula is C57H95NO8. The minimum atomic E-state index is -1.59. The van der Waals surface area contributed by atoms with Crippen molar-refractivity contribution in [3.63, 3.8) is 0 Å². The van der Waals surface area contributed by atoms with Crippen molar-refractivity contribution in [2.45, 2.75) is 230 Å². The van der Waals surface area contributed by atoms with E-state index in [9.17, 15) is 30.3 Å². The van der Waals surface area contributed by atoms with Gasteiger partial charge in [-0.2, -0.15) is 0 Å². The molecular weight excluding hydrogens is 827 g/mol. The van der Waals surface area contributed by atoms with Crippen LogP contribution in [0, 0.1) is 0 Å². The topological polar surface area (TPSA) is 149 Å². The lowest BCUT2D eigenvalue weighted by Gasteiger charge is -2.40. The van der Waals surface area contributed by atoms with Crippen LogP contribution in [0.3, 0.4) is 0 Å². The Balaban J connectivity index is 2.39. The molecule has 9 heteroatoms. The Morgan fingerprint density at radius 2 is 0.955 bits per heavy atom. The predicted octanol–water partition coefficient (Wildman–Crippen LogP) is 12.2. The van der Waals surface area contributed by atoms with E-state index >= 15 is 0 Å². The van der Waals surface area contributed by atoms with Gasteiger partial charge in [-0.3, -0.25) is 4.79 Å². The van der Waals surface area contributed by atoms with E-state index in [0.717, 1.165) is 77.0 Å². The number of allylic oxidation sites excluding steroid dienone is 17. The fourth-order valence-corrected chi connectivity index (χ4v) is 7.42. The fraction of sp³-hybridized carbons (Fsp3) is 0.667. The average Bonchev–Trinajstić information content (AvgIpc) is 3.32. The second-order valence-electron chi connectivity index (χ2n) is 17.6. The molecule has 1 fully saturated rings. The summed E-state index contributed by atoms with van der Waals surface area (Å²) in [6.07, 6.45) is 60.0. The number of aliphatic hydroxyl groups excluding tert-OH is 5. The van der Waals surface area contributed by atoms with Gasteiger partial charge in [-0.25, -0.2) is 0 Å². The number of unbranched alkanes of at least 4 members (excludes halogenated alkanes) is 16. The summed E-state index contributed by atoms with van der Waals surface area (Å²) in [6, 6.07) is -0.860. The third kappa shape index (κ3) is 35.1. The molecule has 1 saturated heterocycles. The predicted molar refractivity (Wildman–Crippen MR) is 276 cm³/mol. The van der Waals surface area contributed by atoms with Crippen LogP contribution >= 0.6 is 0 Å². The van der Waals surface area contributed by atoms with Gasteiger partial charge in [-0.05, 0) is 96.3 Å². The molecule has 7 unspecified atom stereocenters. The van der Waals surface area contributed by atoms with Crippen molar-refractivity contribution in [3.8, 4) is 0 Å². The van der Waals surface area contributed by atoms with Gasteiger partial charge in [0.25, 0.3) is 0 Å². The maximum Gasteiger partial charge on any atom is 0.220 e. The molecule has 1 aliphatic heterocycles. The summed E-state index contributed by atoms with van der Waals surface area (Å²) in [4.78, 5) is 13.0. The van der Waals surface area contributed by atoms with Crippen LogP contribution in [0.4, 0.5) is 0 Å². The van der Waals surface area contributed by atoms with Gasteiger partial charge in [0.1, 0.15) is 24.4 Å². The highest BCUT2D eigenvalue weighted by atomic mass is 16.7. The molecule has 1 amide bonds. The highest BCUT2D eigenvalue weighted by Crippen LogP contribution is 2.22. The van der Waals surface area contributed by atoms with Crippen LogP contribution in [0.5, 0.6) is 0 Å². The van der Waals surface area contributed by atoms with E-state index in [1.165, 1.54) is 77.0 Å². The molecule has 0 aromatic carbocycles. The van der Waals surface area contributed by atoms with Gasteiger partial charge in [0.05, 0.1) is 25.4 Å². The lowest BCUT2D eigenvalue weighted by molar-refractivity contribution is -0.302. The van der Waals surface area contributed by atoms with E-state index in [1.54, 1.807) is 6.08 Å². The molecule has 66 heavy (non-hydrogen) atoms. The number of carbonyl (C=O) groups is 1. The van der Waals surface area contributed by atoms with E-state index < -0.39 is 49.5 Å². The van der Waals surface area contributed by atoms with Crippen LogP contribution in [0.15, 0.2) is 109 Å². The van der Waals surface area contributed by atoms with Crippen molar-refractivity contribution < 1.29 is 39.8 Å². The van der Waals surface area contributed by atoms with Crippen LogP contribution in [0.1, 0.15) is 187 Å². The minimum Gasteiger partial charge on any atom is -0.394 e. The van der Waals surface area contributed by atoms with Crippen LogP contribution in [-0.4, -0.2) is 87.5 Å². The largest absolute Gasteiger partial charge is 0.394 e. The zero-order valence-corrected chi connectivity index (χ0v) is 41.4. The second kappa shape index (κ2) is 45.6. The molecule has 9 nitrogen and oxygen atoms in total. The number of ether oxygens (including phenoxy) is 2. The molecule has 0 aliphatic carbocycles. The van der Waals surface area contributed by atoms with Crippen LogP contribution in [-0.2, 0) is 14.3 Å². The van der Waals surface area contributed by atoms with E-state index in [0.29, 0.717) is 12.8 Å². The molecule has 376 valence electrons. The molecule has 6 N–H and O–H groups in total. The third-order valence-electron chi connectivity index (χ3n) is 11.6. The van der Waals surface area contributed by atoms with Gasteiger partial charge in [0, 0.05) is 6.42 Å². The number of hydrogen-bond donors (Lipinski definition) is 6. The molecule has 1 rings (SSSR count). The Morgan fingerprint density at radius 1 is 0.530 bits per heavy atom. The molecule has 0 bridgehead atoms. The van der Waals surface area contributed by atoms with Gasteiger partial charge in [0.2, 0.25) is 5.91 Å². The number of aliphatic hydroxyl groups is 5. The Morgan fingerprint density at radius 3 is 1.45 bits per heavy atom. The van der Waals surface area contributed by atoms with Crippen molar-refractivity contribution in [1.82, 2.24) is 5.32 Å². The van der Waals surface area contributed by atoms with Gasteiger partial charge in [0.15, 0.2) is 6.29 Å². The van der Waals surface area contributed by atoms with Crippen molar-refractivity contribution in [1.29, 1.82) is 0 Å². The number of rotatable bonds is 42. The summed E-state index contributed by atoms with van der Waals surface area (Å²) in [5.74, 6) is -0.237. The molecule has 0 aromatic rings.